The van der Waals surface area contributed by atoms with Crippen LogP contribution in [0.5, 0.6) is 0 Å². The van der Waals surface area contributed by atoms with Gasteiger partial charge in [-0.2, -0.15) is 0 Å². The molecule has 2 rings (SSSR count). The van der Waals surface area contributed by atoms with E-state index in [1.807, 2.05) is 11.8 Å². The maximum absolute atomic E-state index is 12.6. The van der Waals surface area contributed by atoms with Gasteiger partial charge in [-0.15, -0.1) is 0 Å². The molecule has 2 aliphatic heterocycles. The first-order chi connectivity index (χ1) is 10.8. The second-order valence-corrected chi connectivity index (χ2v) is 8.82. The summed E-state index contributed by atoms with van der Waals surface area (Å²) in [4.78, 5) is 13.0. The summed E-state index contributed by atoms with van der Waals surface area (Å²) in [7, 11) is -3.27. The van der Waals surface area contributed by atoms with Crippen LogP contribution in [0.2, 0.25) is 0 Å². The molecule has 0 aromatic heterocycles. The van der Waals surface area contributed by atoms with Crippen molar-refractivity contribution in [3.05, 3.63) is 0 Å². The summed E-state index contributed by atoms with van der Waals surface area (Å²) in [5, 5.41) is 12.5. The number of sulfonamides is 1. The number of nitrogens with one attached hydrogen (secondary N) is 1. The van der Waals surface area contributed by atoms with Gasteiger partial charge in [-0.05, 0) is 32.6 Å². The zero-order valence-electron chi connectivity index (χ0n) is 14.1. The molecule has 0 aliphatic carbocycles. The molecule has 0 radical (unpaired) electrons. The van der Waals surface area contributed by atoms with Crippen molar-refractivity contribution in [2.45, 2.75) is 64.3 Å². The van der Waals surface area contributed by atoms with E-state index in [2.05, 4.69) is 5.32 Å². The third kappa shape index (κ3) is 5.14. The molecule has 2 fully saturated rings. The second-order valence-electron chi connectivity index (χ2n) is 6.73. The molecular formula is C15H29N3O4S. The topological polar surface area (TPSA) is 90.0 Å². The lowest BCUT2D eigenvalue weighted by Gasteiger charge is -2.48. The summed E-state index contributed by atoms with van der Waals surface area (Å²) in [6.45, 7) is 5.27. The maximum atomic E-state index is 12.6. The highest BCUT2D eigenvalue weighted by molar-refractivity contribution is 7.89. The van der Waals surface area contributed by atoms with Gasteiger partial charge < -0.3 is 10.4 Å². The Morgan fingerprint density at radius 2 is 2.04 bits per heavy atom. The van der Waals surface area contributed by atoms with Crippen molar-refractivity contribution < 1.29 is 18.3 Å². The summed E-state index contributed by atoms with van der Waals surface area (Å²) < 4.78 is 26.7. The number of aliphatic hydroxyl groups is 1. The van der Waals surface area contributed by atoms with Crippen molar-refractivity contribution in [1.29, 1.82) is 0 Å². The highest BCUT2D eigenvalue weighted by Gasteiger charge is 2.40. The molecule has 0 spiro atoms. The fraction of sp³-hybridized carbons (Fsp3) is 0.933. The predicted molar refractivity (Wildman–Crippen MR) is 88.2 cm³/mol. The number of nitrogens with zero attached hydrogens (tertiary/aromatic N) is 2. The predicted octanol–water partition coefficient (Wildman–Crippen LogP) is 0.110. The van der Waals surface area contributed by atoms with E-state index >= 15 is 0 Å². The molecule has 2 aliphatic rings. The summed E-state index contributed by atoms with van der Waals surface area (Å²) in [6, 6.07) is 0.144. The molecule has 134 valence electrons. The van der Waals surface area contributed by atoms with Crippen LogP contribution in [0.1, 0.15) is 46.0 Å². The minimum Gasteiger partial charge on any atom is -0.378 e. The van der Waals surface area contributed by atoms with Crippen molar-refractivity contribution in [2.75, 3.05) is 25.4 Å². The van der Waals surface area contributed by atoms with Crippen LogP contribution in [-0.2, 0) is 14.8 Å². The van der Waals surface area contributed by atoms with Crippen LogP contribution < -0.4 is 5.32 Å². The van der Waals surface area contributed by atoms with Gasteiger partial charge in [-0.25, -0.2) is 12.7 Å². The van der Waals surface area contributed by atoms with Gasteiger partial charge in [0.25, 0.3) is 0 Å². The van der Waals surface area contributed by atoms with Crippen LogP contribution in [0.3, 0.4) is 0 Å². The standard InChI is InChI=1S/C15H29N3O4S/c1-12(16-13(2)19)6-5-9-23(21,22)17-7-3-4-8-18-14(11-17)10-15(18)20/h12,14-15,20H,3-11H2,1-2H3,(H,16,19)/t12?,14-,15-/m1/s1. The van der Waals surface area contributed by atoms with Crippen molar-refractivity contribution in [1.82, 2.24) is 14.5 Å². The Morgan fingerprint density at radius 3 is 2.70 bits per heavy atom. The zero-order chi connectivity index (χ0) is 17.0. The van der Waals surface area contributed by atoms with E-state index in [9.17, 15) is 18.3 Å². The average molecular weight is 347 g/mol. The van der Waals surface area contributed by atoms with Crippen molar-refractivity contribution >= 4 is 15.9 Å². The Bertz CT molecular complexity index is 511. The number of amides is 1. The van der Waals surface area contributed by atoms with Gasteiger partial charge in [-0.1, -0.05) is 0 Å². The smallest absolute Gasteiger partial charge is 0.217 e. The number of hydrogen-bond donors (Lipinski definition) is 2. The van der Waals surface area contributed by atoms with Gasteiger partial charge in [-0.3, -0.25) is 9.69 Å². The molecule has 8 heteroatoms. The van der Waals surface area contributed by atoms with E-state index in [-0.39, 0.29) is 23.7 Å². The minimum absolute atomic E-state index is 0.00713. The molecule has 2 saturated heterocycles. The van der Waals surface area contributed by atoms with E-state index in [0.717, 1.165) is 19.4 Å². The lowest BCUT2D eigenvalue weighted by molar-refractivity contribution is -0.126. The van der Waals surface area contributed by atoms with Gasteiger partial charge in [0.05, 0.1) is 5.75 Å². The quantitative estimate of drug-likeness (QED) is 0.712. The summed E-state index contributed by atoms with van der Waals surface area (Å²) in [6.07, 6.45) is 3.20. The van der Waals surface area contributed by atoms with E-state index in [4.69, 9.17) is 0 Å². The molecule has 7 nitrogen and oxygen atoms in total. The molecule has 2 N–H and O–H groups in total. The van der Waals surface area contributed by atoms with Crippen molar-refractivity contribution in [3.63, 3.8) is 0 Å². The first-order valence-electron chi connectivity index (χ1n) is 8.48. The van der Waals surface area contributed by atoms with Crippen LogP contribution in [0.15, 0.2) is 0 Å². The first-order valence-corrected chi connectivity index (χ1v) is 10.1. The van der Waals surface area contributed by atoms with Gasteiger partial charge in [0.1, 0.15) is 6.23 Å². The van der Waals surface area contributed by atoms with Crippen LogP contribution in [0, 0.1) is 0 Å². The summed E-state index contributed by atoms with van der Waals surface area (Å²) in [5.74, 6) is 0.0272. The fourth-order valence-electron chi connectivity index (χ4n) is 3.41. The molecule has 0 saturated carbocycles. The molecule has 2 heterocycles. The maximum Gasteiger partial charge on any atom is 0.217 e. The zero-order valence-corrected chi connectivity index (χ0v) is 14.9. The van der Waals surface area contributed by atoms with E-state index in [1.165, 1.54) is 6.92 Å². The normalized spacial score (nSPS) is 28.1. The van der Waals surface area contributed by atoms with Crippen LogP contribution in [-0.4, -0.2) is 72.3 Å². The van der Waals surface area contributed by atoms with Crippen LogP contribution in [0.25, 0.3) is 0 Å². The minimum atomic E-state index is -3.27. The Labute approximate surface area is 139 Å². The Balaban J connectivity index is 1.84. The number of fused-ring (bicyclic) bond motifs is 1. The highest BCUT2D eigenvalue weighted by atomic mass is 32.2. The molecular weight excluding hydrogens is 318 g/mol. The molecule has 1 amide bonds. The number of rotatable bonds is 6. The summed E-state index contributed by atoms with van der Waals surface area (Å²) in [5.41, 5.74) is 0. The van der Waals surface area contributed by atoms with E-state index in [0.29, 0.717) is 32.4 Å². The van der Waals surface area contributed by atoms with Crippen LogP contribution >= 0.6 is 0 Å². The van der Waals surface area contributed by atoms with Gasteiger partial charge in [0.2, 0.25) is 15.9 Å². The third-order valence-corrected chi connectivity index (χ3v) is 6.63. The molecule has 3 atom stereocenters. The van der Waals surface area contributed by atoms with E-state index < -0.39 is 16.3 Å². The number of hydrogen-bond acceptors (Lipinski definition) is 5. The number of carbonyl (C=O) groups is 1. The monoisotopic (exact) mass is 347 g/mol. The third-order valence-electron chi connectivity index (χ3n) is 4.71. The number of aliphatic hydroxyl groups excluding tert-OH is 1. The van der Waals surface area contributed by atoms with Crippen molar-refractivity contribution in [3.8, 4) is 0 Å². The van der Waals surface area contributed by atoms with Gasteiger partial charge in [0.15, 0.2) is 0 Å². The highest BCUT2D eigenvalue weighted by Crippen LogP contribution is 2.27. The molecule has 0 bridgehead atoms. The largest absolute Gasteiger partial charge is 0.378 e. The molecule has 0 aromatic rings. The summed E-state index contributed by atoms with van der Waals surface area (Å²) >= 11 is 0. The van der Waals surface area contributed by atoms with Crippen LogP contribution in [0.4, 0.5) is 0 Å². The Hall–Kier alpha value is -0.700. The Morgan fingerprint density at radius 1 is 1.35 bits per heavy atom. The SMILES string of the molecule is CC(=O)NC(C)CCCS(=O)(=O)N1CCCCN2[C@H](C[C@H]2O)C1. The van der Waals surface area contributed by atoms with Crippen molar-refractivity contribution in [2.24, 2.45) is 0 Å². The molecule has 23 heavy (non-hydrogen) atoms. The lowest BCUT2D eigenvalue weighted by Crippen LogP contribution is -2.61. The molecule has 1 unspecified atom stereocenters. The van der Waals surface area contributed by atoms with E-state index in [1.54, 1.807) is 4.31 Å². The Kier molecular flexibility index (Phi) is 6.41. The average Bonchev–Trinajstić information content (AvgIpc) is 2.40. The van der Waals surface area contributed by atoms with Gasteiger partial charge in [0, 0.05) is 45.1 Å². The lowest BCUT2D eigenvalue weighted by atomic mass is 9.98. The second kappa shape index (κ2) is 7.92. The first kappa shape index (κ1) is 18.6. The van der Waals surface area contributed by atoms with Gasteiger partial charge >= 0.3 is 0 Å². The number of carbonyl (C=O) groups excluding carboxylic acids is 1. The fourth-order valence-corrected chi connectivity index (χ4v) is 5.01. The molecule has 0 aromatic carbocycles.